The zero-order chi connectivity index (χ0) is 13.8. The van der Waals surface area contributed by atoms with Crippen molar-refractivity contribution in [2.24, 2.45) is 0 Å². The van der Waals surface area contributed by atoms with Crippen LogP contribution in [-0.2, 0) is 11.3 Å². The number of nitrogens with one attached hydrogen (secondary N) is 1. The number of alkyl carbamates (subject to hydrolysis) is 1. The first-order valence-electron chi connectivity index (χ1n) is 5.46. The largest absolute Gasteiger partial charge is 0.444 e. The van der Waals surface area contributed by atoms with E-state index in [1.165, 1.54) is 6.33 Å². The lowest BCUT2D eigenvalue weighted by Gasteiger charge is -2.19. The second kappa shape index (κ2) is 5.61. The summed E-state index contributed by atoms with van der Waals surface area (Å²) in [5.41, 5.74) is -1.35. The number of nitrogens with zero attached hydrogens (tertiary/aromatic N) is 2. The topological polar surface area (TPSA) is 73.2 Å². The third-order valence-corrected chi connectivity index (χ3v) is 1.88. The number of halogens is 1. The first kappa shape index (κ1) is 14.1. The zero-order valence-corrected chi connectivity index (χ0v) is 10.6. The Morgan fingerprint density at radius 2 is 2.22 bits per heavy atom. The Morgan fingerprint density at radius 1 is 1.56 bits per heavy atom. The highest BCUT2D eigenvalue weighted by Gasteiger charge is 2.15. The maximum absolute atomic E-state index is 12.9. The molecule has 1 aromatic rings. The standard InChI is InChI=1S/C11H16FN3O3/c1-11(2,3)18-10(17)14-4-5-15-7-13-6-8(12)9(15)16/h6-7H,4-5H2,1-3H3,(H,14,17). The van der Waals surface area contributed by atoms with Gasteiger partial charge in [0.15, 0.2) is 0 Å². The van der Waals surface area contributed by atoms with Crippen molar-refractivity contribution < 1.29 is 13.9 Å². The molecule has 1 N–H and O–H groups in total. The molecule has 0 radical (unpaired) electrons. The van der Waals surface area contributed by atoms with Crippen LogP contribution >= 0.6 is 0 Å². The van der Waals surface area contributed by atoms with E-state index in [9.17, 15) is 14.0 Å². The summed E-state index contributed by atoms with van der Waals surface area (Å²) in [6, 6.07) is 0. The van der Waals surface area contributed by atoms with E-state index in [-0.39, 0.29) is 13.1 Å². The van der Waals surface area contributed by atoms with Crippen LogP contribution < -0.4 is 10.9 Å². The Balaban J connectivity index is 2.45. The monoisotopic (exact) mass is 257 g/mol. The number of ether oxygens (including phenoxy) is 1. The summed E-state index contributed by atoms with van der Waals surface area (Å²) in [4.78, 5) is 26.1. The lowest BCUT2D eigenvalue weighted by molar-refractivity contribution is 0.0526. The summed E-state index contributed by atoms with van der Waals surface area (Å²) < 4.78 is 19.0. The molecule has 6 nitrogen and oxygen atoms in total. The lowest BCUT2D eigenvalue weighted by atomic mass is 10.2. The van der Waals surface area contributed by atoms with Gasteiger partial charge in [0.1, 0.15) is 5.60 Å². The molecule has 7 heteroatoms. The highest BCUT2D eigenvalue weighted by Crippen LogP contribution is 2.06. The van der Waals surface area contributed by atoms with Crippen LogP contribution in [0.25, 0.3) is 0 Å². The van der Waals surface area contributed by atoms with Crippen molar-refractivity contribution >= 4 is 6.09 Å². The Morgan fingerprint density at radius 3 is 2.83 bits per heavy atom. The number of carbonyl (C=O) groups is 1. The molecule has 18 heavy (non-hydrogen) atoms. The fraction of sp³-hybridized carbons (Fsp3) is 0.545. The Bertz CT molecular complexity index is 479. The minimum Gasteiger partial charge on any atom is -0.444 e. The van der Waals surface area contributed by atoms with Gasteiger partial charge in [0.2, 0.25) is 5.82 Å². The molecular formula is C11H16FN3O3. The average molecular weight is 257 g/mol. The van der Waals surface area contributed by atoms with E-state index < -0.39 is 23.1 Å². The molecule has 0 saturated heterocycles. The maximum Gasteiger partial charge on any atom is 0.407 e. The summed E-state index contributed by atoms with van der Waals surface area (Å²) >= 11 is 0. The van der Waals surface area contributed by atoms with Gasteiger partial charge in [-0.3, -0.25) is 9.36 Å². The molecule has 100 valence electrons. The zero-order valence-electron chi connectivity index (χ0n) is 10.6. The second-order valence-electron chi connectivity index (χ2n) is 4.67. The molecule has 0 saturated carbocycles. The Labute approximate surface area is 104 Å². The van der Waals surface area contributed by atoms with Gasteiger partial charge in [-0.15, -0.1) is 0 Å². The molecule has 0 spiro atoms. The van der Waals surface area contributed by atoms with E-state index in [0.717, 1.165) is 10.8 Å². The van der Waals surface area contributed by atoms with E-state index in [0.29, 0.717) is 0 Å². The van der Waals surface area contributed by atoms with Crippen molar-refractivity contribution in [1.29, 1.82) is 0 Å². The van der Waals surface area contributed by atoms with Crippen molar-refractivity contribution in [3.63, 3.8) is 0 Å². The lowest BCUT2D eigenvalue weighted by Crippen LogP contribution is -2.35. The van der Waals surface area contributed by atoms with Crippen molar-refractivity contribution in [2.45, 2.75) is 32.9 Å². The van der Waals surface area contributed by atoms with Gasteiger partial charge in [0.25, 0.3) is 5.56 Å². The molecular weight excluding hydrogens is 241 g/mol. The molecule has 1 rings (SSSR count). The Kier molecular flexibility index (Phi) is 4.41. The fourth-order valence-corrected chi connectivity index (χ4v) is 1.18. The van der Waals surface area contributed by atoms with Gasteiger partial charge >= 0.3 is 6.09 Å². The van der Waals surface area contributed by atoms with Crippen molar-refractivity contribution in [2.75, 3.05) is 6.54 Å². The van der Waals surface area contributed by atoms with Gasteiger partial charge in [-0.2, -0.15) is 4.39 Å². The molecule has 0 aliphatic carbocycles. The van der Waals surface area contributed by atoms with Crippen LogP contribution in [0.5, 0.6) is 0 Å². The van der Waals surface area contributed by atoms with E-state index in [1.54, 1.807) is 20.8 Å². The maximum atomic E-state index is 12.9. The van der Waals surface area contributed by atoms with Crippen LogP contribution in [0.3, 0.4) is 0 Å². The number of rotatable bonds is 3. The third-order valence-electron chi connectivity index (χ3n) is 1.88. The minimum atomic E-state index is -0.922. The first-order chi connectivity index (χ1) is 8.29. The van der Waals surface area contributed by atoms with Gasteiger partial charge in [-0.05, 0) is 20.8 Å². The number of aromatic nitrogens is 2. The summed E-state index contributed by atoms with van der Waals surface area (Å²) in [5, 5.41) is 2.46. The van der Waals surface area contributed by atoms with Gasteiger partial charge in [-0.1, -0.05) is 0 Å². The molecule has 0 aliphatic heterocycles. The van der Waals surface area contributed by atoms with Gasteiger partial charge in [-0.25, -0.2) is 9.78 Å². The van der Waals surface area contributed by atoms with Gasteiger partial charge in [0.05, 0.1) is 12.5 Å². The van der Waals surface area contributed by atoms with E-state index in [1.807, 2.05) is 0 Å². The SMILES string of the molecule is CC(C)(C)OC(=O)NCCn1cncc(F)c1=O. The van der Waals surface area contributed by atoms with Crippen LogP contribution in [0.1, 0.15) is 20.8 Å². The molecule has 0 unspecified atom stereocenters. The summed E-state index contributed by atoms with van der Waals surface area (Å²) in [6.07, 6.45) is 1.47. The molecule has 1 heterocycles. The van der Waals surface area contributed by atoms with Crippen molar-refractivity contribution in [3.8, 4) is 0 Å². The highest BCUT2D eigenvalue weighted by atomic mass is 19.1. The smallest absolute Gasteiger partial charge is 0.407 e. The van der Waals surface area contributed by atoms with Crippen molar-refractivity contribution in [1.82, 2.24) is 14.9 Å². The van der Waals surface area contributed by atoms with Crippen LogP contribution in [0, 0.1) is 5.82 Å². The van der Waals surface area contributed by atoms with Crippen molar-refractivity contribution in [3.05, 3.63) is 28.7 Å². The van der Waals surface area contributed by atoms with E-state index in [2.05, 4.69) is 10.3 Å². The number of amides is 1. The molecule has 1 aromatic heterocycles. The normalized spacial score (nSPS) is 11.1. The molecule has 0 fully saturated rings. The number of hydrogen-bond donors (Lipinski definition) is 1. The summed E-state index contributed by atoms with van der Waals surface area (Å²) in [6.45, 7) is 5.51. The van der Waals surface area contributed by atoms with Gasteiger partial charge < -0.3 is 10.1 Å². The summed E-state index contributed by atoms with van der Waals surface area (Å²) in [5.74, 6) is -0.922. The minimum absolute atomic E-state index is 0.128. The molecule has 0 bridgehead atoms. The predicted octanol–water partition coefficient (Wildman–Crippen LogP) is 0.907. The predicted molar refractivity (Wildman–Crippen MR) is 62.7 cm³/mol. The van der Waals surface area contributed by atoms with Gasteiger partial charge in [0, 0.05) is 13.1 Å². The van der Waals surface area contributed by atoms with Crippen LogP contribution in [0.2, 0.25) is 0 Å². The quantitative estimate of drug-likeness (QED) is 0.873. The van der Waals surface area contributed by atoms with E-state index >= 15 is 0 Å². The molecule has 0 aliphatic rings. The van der Waals surface area contributed by atoms with Crippen LogP contribution in [-0.4, -0.2) is 27.8 Å². The highest BCUT2D eigenvalue weighted by molar-refractivity contribution is 5.67. The average Bonchev–Trinajstić information content (AvgIpc) is 2.21. The molecule has 0 aromatic carbocycles. The number of hydrogen-bond acceptors (Lipinski definition) is 4. The van der Waals surface area contributed by atoms with Crippen LogP contribution in [0.15, 0.2) is 17.3 Å². The first-order valence-corrected chi connectivity index (χ1v) is 5.46. The third kappa shape index (κ3) is 4.52. The molecule has 1 amide bonds. The Hall–Kier alpha value is -1.92. The second-order valence-corrected chi connectivity index (χ2v) is 4.67. The number of carbonyl (C=O) groups excluding carboxylic acids is 1. The van der Waals surface area contributed by atoms with Crippen LogP contribution in [0.4, 0.5) is 9.18 Å². The molecule has 0 atom stereocenters. The van der Waals surface area contributed by atoms with E-state index in [4.69, 9.17) is 4.74 Å². The summed E-state index contributed by atoms with van der Waals surface area (Å²) in [7, 11) is 0. The fourth-order valence-electron chi connectivity index (χ4n) is 1.18.